The second-order valence-electron chi connectivity index (χ2n) is 12.0. The minimum Gasteiger partial charge on any atom is -0.455 e. The Morgan fingerprint density at radius 1 is 0.396 bits per heavy atom. The van der Waals surface area contributed by atoms with E-state index < -0.39 is 0 Å². The van der Waals surface area contributed by atoms with E-state index in [4.69, 9.17) is 19.7 Å². The Balaban J connectivity index is 1.19. The summed E-state index contributed by atoms with van der Waals surface area (Å²) < 4.78 is 9.24. The lowest BCUT2D eigenvalue weighted by molar-refractivity contribution is 0.488. The Hall–Kier alpha value is -6.59. The number of para-hydroxylation sites is 3. The van der Waals surface area contributed by atoms with Gasteiger partial charge in [0, 0.05) is 38.2 Å². The second kappa shape index (κ2) is 10.5. The van der Waals surface area contributed by atoms with Gasteiger partial charge in [-0.05, 0) is 35.9 Å². The number of rotatable bonds is 4. The van der Waals surface area contributed by atoms with Crippen LogP contribution in [-0.4, -0.2) is 19.5 Å². The van der Waals surface area contributed by atoms with E-state index in [1.54, 1.807) is 0 Å². The van der Waals surface area contributed by atoms with E-state index in [9.17, 15) is 0 Å². The third kappa shape index (κ3) is 4.01. The van der Waals surface area contributed by atoms with Crippen LogP contribution in [0.2, 0.25) is 0 Å². The van der Waals surface area contributed by atoms with Gasteiger partial charge in [-0.15, -0.1) is 0 Å². The van der Waals surface area contributed by atoms with E-state index in [0.29, 0.717) is 17.5 Å². The van der Waals surface area contributed by atoms with Gasteiger partial charge in [0.1, 0.15) is 11.5 Å². The molecule has 48 heavy (non-hydrogen) atoms. The largest absolute Gasteiger partial charge is 0.455 e. The highest BCUT2D eigenvalue weighted by atomic mass is 16.5. The maximum absolute atomic E-state index is 6.86. The standard InChI is InChI=1S/C43H26N4O/c1-3-13-27(14-4-1)41-44-42(28-15-5-2-6-16-28)46-43(45-41)34-22-12-20-32-31-19-11-21-33-37(25-26-38(39(31)33)48-40(32)34)47-35-23-9-7-17-29(35)30-18-8-10-24-36(30)47/h1-26H. The summed E-state index contributed by atoms with van der Waals surface area (Å²) >= 11 is 0. The Morgan fingerprint density at radius 2 is 0.917 bits per heavy atom. The normalized spacial score (nSPS) is 11.9. The molecule has 224 valence electrons. The Kier molecular flexibility index (Phi) is 5.81. The van der Waals surface area contributed by atoms with Crippen LogP contribution in [0.4, 0.5) is 0 Å². The molecule has 0 unspecified atom stereocenters. The fourth-order valence-corrected chi connectivity index (χ4v) is 7.12. The average molecular weight is 615 g/mol. The molecule has 0 radical (unpaired) electrons. The lowest BCUT2D eigenvalue weighted by atomic mass is 9.92. The molecule has 1 aliphatic rings. The van der Waals surface area contributed by atoms with E-state index >= 15 is 0 Å². The van der Waals surface area contributed by atoms with Gasteiger partial charge in [-0.25, -0.2) is 15.0 Å². The predicted molar refractivity (Wildman–Crippen MR) is 193 cm³/mol. The molecule has 0 saturated heterocycles. The Morgan fingerprint density at radius 3 is 1.58 bits per heavy atom. The van der Waals surface area contributed by atoms with Crippen molar-refractivity contribution in [1.82, 2.24) is 19.5 Å². The number of nitrogens with zero attached hydrogens (tertiary/aromatic N) is 4. The summed E-state index contributed by atoms with van der Waals surface area (Å²) in [5.41, 5.74) is 8.27. The van der Waals surface area contributed by atoms with Crippen molar-refractivity contribution < 1.29 is 4.74 Å². The summed E-state index contributed by atoms with van der Waals surface area (Å²) in [6.07, 6.45) is 0. The Labute approximate surface area is 276 Å². The fourth-order valence-electron chi connectivity index (χ4n) is 7.12. The zero-order valence-electron chi connectivity index (χ0n) is 25.7. The monoisotopic (exact) mass is 614 g/mol. The first-order valence-electron chi connectivity index (χ1n) is 16.0. The molecular formula is C43H26N4O. The number of benzene rings is 7. The van der Waals surface area contributed by atoms with Crippen molar-refractivity contribution in [2.45, 2.75) is 0 Å². The SMILES string of the molecule is c1ccc(-c2nc(-c3ccccc3)nc(-c3cccc4c3Oc3ccc(-n5c6ccccc6c6ccccc65)c5cccc-4c35)n2)cc1. The molecule has 0 bridgehead atoms. The Bertz CT molecular complexity index is 2590. The maximum atomic E-state index is 6.86. The minimum absolute atomic E-state index is 0.567. The molecule has 7 aromatic carbocycles. The van der Waals surface area contributed by atoms with Crippen LogP contribution >= 0.6 is 0 Å². The van der Waals surface area contributed by atoms with E-state index in [1.165, 1.54) is 21.8 Å². The van der Waals surface area contributed by atoms with Crippen molar-refractivity contribution in [3.05, 3.63) is 158 Å². The zero-order chi connectivity index (χ0) is 31.6. The molecule has 5 heteroatoms. The highest BCUT2D eigenvalue weighted by Gasteiger charge is 2.26. The van der Waals surface area contributed by atoms with Crippen molar-refractivity contribution in [2.24, 2.45) is 0 Å². The van der Waals surface area contributed by atoms with Crippen LogP contribution in [0.3, 0.4) is 0 Å². The number of ether oxygens (including phenoxy) is 1. The van der Waals surface area contributed by atoms with Crippen molar-refractivity contribution in [3.63, 3.8) is 0 Å². The van der Waals surface area contributed by atoms with Gasteiger partial charge < -0.3 is 9.30 Å². The summed E-state index contributed by atoms with van der Waals surface area (Å²) in [5.74, 6) is 3.35. The summed E-state index contributed by atoms with van der Waals surface area (Å²) in [6, 6.07) is 54.4. The van der Waals surface area contributed by atoms with Crippen molar-refractivity contribution in [1.29, 1.82) is 0 Å². The highest BCUT2D eigenvalue weighted by Crippen LogP contribution is 2.51. The molecule has 0 fully saturated rings. The van der Waals surface area contributed by atoms with Crippen molar-refractivity contribution >= 4 is 32.6 Å². The van der Waals surface area contributed by atoms with E-state index in [0.717, 1.165) is 55.8 Å². The number of aromatic nitrogens is 4. The zero-order valence-corrected chi connectivity index (χ0v) is 25.7. The summed E-state index contributed by atoms with van der Waals surface area (Å²) in [4.78, 5) is 14.9. The average Bonchev–Trinajstić information content (AvgIpc) is 3.50. The van der Waals surface area contributed by atoms with Crippen molar-refractivity contribution in [2.75, 3.05) is 0 Å². The van der Waals surface area contributed by atoms with Crippen LogP contribution in [0.1, 0.15) is 0 Å². The van der Waals surface area contributed by atoms with Crippen LogP contribution in [0.15, 0.2) is 158 Å². The molecule has 3 heterocycles. The fraction of sp³-hybridized carbons (Fsp3) is 0. The molecule has 0 amide bonds. The summed E-state index contributed by atoms with van der Waals surface area (Å²) in [6.45, 7) is 0. The molecule has 5 nitrogen and oxygen atoms in total. The first kappa shape index (κ1) is 26.6. The van der Waals surface area contributed by atoms with Crippen LogP contribution in [0.25, 0.3) is 83.6 Å². The molecule has 0 N–H and O–H groups in total. The van der Waals surface area contributed by atoms with Gasteiger partial charge in [0.2, 0.25) is 0 Å². The van der Waals surface area contributed by atoms with Gasteiger partial charge in [0.05, 0.1) is 22.3 Å². The van der Waals surface area contributed by atoms with Gasteiger partial charge in [0.25, 0.3) is 0 Å². The molecule has 0 atom stereocenters. The first-order valence-corrected chi connectivity index (χ1v) is 16.0. The van der Waals surface area contributed by atoms with Crippen LogP contribution in [0.5, 0.6) is 11.5 Å². The van der Waals surface area contributed by atoms with Crippen molar-refractivity contribution in [3.8, 4) is 62.5 Å². The number of hydrogen-bond donors (Lipinski definition) is 0. The molecular weight excluding hydrogens is 589 g/mol. The maximum Gasteiger partial charge on any atom is 0.167 e. The molecule has 10 rings (SSSR count). The smallest absolute Gasteiger partial charge is 0.167 e. The molecule has 0 aliphatic carbocycles. The van der Waals surface area contributed by atoms with Crippen LogP contribution in [-0.2, 0) is 0 Å². The molecule has 2 aromatic heterocycles. The highest BCUT2D eigenvalue weighted by molar-refractivity contribution is 6.13. The lowest BCUT2D eigenvalue weighted by Crippen LogP contribution is -2.04. The number of hydrogen-bond acceptors (Lipinski definition) is 4. The summed E-state index contributed by atoms with van der Waals surface area (Å²) in [7, 11) is 0. The van der Waals surface area contributed by atoms with E-state index in [1.807, 2.05) is 66.7 Å². The minimum atomic E-state index is 0.567. The van der Waals surface area contributed by atoms with E-state index in [-0.39, 0.29) is 0 Å². The van der Waals surface area contributed by atoms with Gasteiger partial charge in [-0.3, -0.25) is 0 Å². The topological polar surface area (TPSA) is 52.8 Å². The van der Waals surface area contributed by atoms with Gasteiger partial charge >= 0.3 is 0 Å². The first-order chi connectivity index (χ1) is 23.8. The van der Waals surface area contributed by atoms with Gasteiger partial charge in [-0.2, -0.15) is 0 Å². The molecule has 0 saturated carbocycles. The predicted octanol–water partition coefficient (Wildman–Crippen LogP) is 10.9. The molecule has 0 spiro atoms. The third-order valence-electron chi connectivity index (χ3n) is 9.26. The molecule has 9 aromatic rings. The van der Waals surface area contributed by atoms with Gasteiger partial charge in [-0.1, -0.05) is 127 Å². The third-order valence-corrected chi connectivity index (χ3v) is 9.26. The van der Waals surface area contributed by atoms with Crippen LogP contribution in [0, 0.1) is 0 Å². The number of fused-ring (bicyclic) bond motifs is 5. The second-order valence-corrected chi connectivity index (χ2v) is 12.0. The summed E-state index contributed by atoms with van der Waals surface area (Å²) in [5, 5.41) is 4.70. The quantitative estimate of drug-likeness (QED) is 0.198. The lowest BCUT2D eigenvalue weighted by Gasteiger charge is -2.24. The molecule has 1 aliphatic heterocycles. The van der Waals surface area contributed by atoms with E-state index in [2.05, 4.69) is 95.6 Å². The van der Waals surface area contributed by atoms with Crippen LogP contribution < -0.4 is 4.74 Å². The van der Waals surface area contributed by atoms with Gasteiger partial charge in [0.15, 0.2) is 17.5 Å².